The number of benzene rings is 1. The minimum Gasteiger partial charge on any atom is -0.386 e. The van der Waals surface area contributed by atoms with Crippen LogP contribution in [0.1, 0.15) is 17.2 Å². The molecular formula is C10H12N2O2. The Kier molecular flexibility index (Phi) is 2.21. The van der Waals surface area contributed by atoms with Gasteiger partial charge in [-0.1, -0.05) is 24.3 Å². The Balaban J connectivity index is 2.29. The van der Waals surface area contributed by atoms with E-state index in [1.54, 1.807) is 7.05 Å². The third-order valence-corrected chi connectivity index (χ3v) is 2.78. The summed E-state index contributed by atoms with van der Waals surface area (Å²) >= 11 is 0. The number of hydrogen-bond acceptors (Lipinski definition) is 3. The Morgan fingerprint density at radius 1 is 1.50 bits per heavy atom. The fourth-order valence-electron chi connectivity index (χ4n) is 1.95. The van der Waals surface area contributed by atoms with Crippen molar-refractivity contribution >= 4 is 0 Å². The zero-order valence-corrected chi connectivity index (χ0v) is 7.92. The minimum atomic E-state index is -0.603. The number of nitroso groups, excluding NO2 is 1. The maximum absolute atomic E-state index is 10.4. The van der Waals surface area contributed by atoms with Gasteiger partial charge >= 0.3 is 0 Å². The van der Waals surface area contributed by atoms with Crippen molar-refractivity contribution in [2.75, 3.05) is 7.05 Å². The average molecular weight is 192 g/mol. The molecule has 0 amide bonds. The molecule has 2 rings (SSSR count). The molecule has 0 bridgehead atoms. The molecular weight excluding hydrogens is 180 g/mol. The van der Waals surface area contributed by atoms with Gasteiger partial charge in [0, 0.05) is 7.05 Å². The third kappa shape index (κ3) is 1.28. The third-order valence-electron chi connectivity index (χ3n) is 2.78. The number of fused-ring (bicyclic) bond motifs is 1. The largest absolute Gasteiger partial charge is 0.386 e. The van der Waals surface area contributed by atoms with Crippen LogP contribution in [0.25, 0.3) is 0 Å². The van der Waals surface area contributed by atoms with Crippen LogP contribution in [0.4, 0.5) is 0 Å². The standard InChI is InChI=1S/C10H12N2O2/c1-12(11-14)9-6-7-4-2-3-5-8(7)10(9)13/h2-5,9-10,13H,6H2,1H3. The molecule has 0 fully saturated rings. The van der Waals surface area contributed by atoms with Crippen molar-refractivity contribution in [3.8, 4) is 0 Å². The molecule has 2 atom stereocenters. The highest BCUT2D eigenvalue weighted by Gasteiger charge is 2.33. The second-order valence-corrected chi connectivity index (χ2v) is 3.57. The summed E-state index contributed by atoms with van der Waals surface area (Å²) in [5.74, 6) is 0. The van der Waals surface area contributed by atoms with Gasteiger partial charge in [0.05, 0.1) is 11.3 Å². The van der Waals surface area contributed by atoms with Crippen molar-refractivity contribution in [3.05, 3.63) is 40.3 Å². The molecule has 4 heteroatoms. The Hall–Kier alpha value is -1.42. The predicted molar refractivity (Wildman–Crippen MR) is 52.5 cm³/mol. The lowest BCUT2D eigenvalue weighted by Gasteiger charge is -2.20. The van der Waals surface area contributed by atoms with Crippen LogP contribution in [-0.2, 0) is 6.42 Å². The molecule has 2 unspecified atom stereocenters. The number of aliphatic hydroxyl groups excluding tert-OH is 1. The van der Waals surface area contributed by atoms with E-state index in [4.69, 9.17) is 0 Å². The molecule has 14 heavy (non-hydrogen) atoms. The molecule has 0 radical (unpaired) electrons. The van der Waals surface area contributed by atoms with E-state index < -0.39 is 6.10 Å². The van der Waals surface area contributed by atoms with E-state index in [0.717, 1.165) is 11.1 Å². The van der Waals surface area contributed by atoms with Gasteiger partial charge in [-0.25, -0.2) is 0 Å². The minimum absolute atomic E-state index is 0.218. The summed E-state index contributed by atoms with van der Waals surface area (Å²) in [7, 11) is 1.59. The molecule has 0 spiro atoms. The van der Waals surface area contributed by atoms with Gasteiger partial charge in [0.15, 0.2) is 0 Å². The van der Waals surface area contributed by atoms with Crippen LogP contribution in [0.5, 0.6) is 0 Å². The maximum atomic E-state index is 10.4. The highest BCUT2D eigenvalue weighted by molar-refractivity contribution is 5.35. The summed E-state index contributed by atoms with van der Waals surface area (Å²) in [4.78, 5) is 10.4. The van der Waals surface area contributed by atoms with Crippen LogP contribution in [0, 0.1) is 4.91 Å². The van der Waals surface area contributed by atoms with Crippen LogP contribution >= 0.6 is 0 Å². The number of likely N-dealkylation sites (N-methyl/N-ethyl adjacent to an activating group) is 1. The van der Waals surface area contributed by atoms with Gasteiger partial charge in [-0.2, -0.15) is 0 Å². The van der Waals surface area contributed by atoms with Gasteiger partial charge in [-0.3, -0.25) is 5.01 Å². The molecule has 1 aliphatic rings. The Morgan fingerprint density at radius 2 is 2.21 bits per heavy atom. The monoisotopic (exact) mass is 192 g/mol. The summed E-state index contributed by atoms with van der Waals surface area (Å²) in [5, 5.41) is 14.0. The van der Waals surface area contributed by atoms with Crippen molar-refractivity contribution in [1.82, 2.24) is 5.01 Å². The van der Waals surface area contributed by atoms with Gasteiger partial charge < -0.3 is 5.11 Å². The van der Waals surface area contributed by atoms with Crippen LogP contribution < -0.4 is 0 Å². The molecule has 0 heterocycles. The molecule has 0 saturated carbocycles. The molecule has 1 N–H and O–H groups in total. The Morgan fingerprint density at radius 3 is 2.86 bits per heavy atom. The molecule has 1 aromatic carbocycles. The lowest BCUT2D eigenvalue weighted by molar-refractivity contribution is 0.0768. The van der Waals surface area contributed by atoms with Crippen LogP contribution in [0.3, 0.4) is 0 Å². The van der Waals surface area contributed by atoms with Gasteiger partial charge in [0.25, 0.3) is 0 Å². The van der Waals surface area contributed by atoms with E-state index in [9.17, 15) is 10.0 Å². The first kappa shape index (κ1) is 9.15. The zero-order valence-electron chi connectivity index (χ0n) is 7.92. The van der Waals surface area contributed by atoms with E-state index in [2.05, 4.69) is 5.29 Å². The Bertz CT molecular complexity index is 354. The maximum Gasteiger partial charge on any atom is 0.102 e. The molecule has 0 saturated heterocycles. The summed E-state index contributed by atoms with van der Waals surface area (Å²) in [6, 6.07) is 7.46. The SMILES string of the molecule is CN(N=O)C1Cc2ccccc2C1O. The van der Waals surface area contributed by atoms with Crippen molar-refractivity contribution in [2.24, 2.45) is 5.29 Å². The summed E-state index contributed by atoms with van der Waals surface area (Å²) in [6.07, 6.45) is 0.0773. The summed E-state index contributed by atoms with van der Waals surface area (Å²) in [6.45, 7) is 0. The number of hydrogen-bond donors (Lipinski definition) is 1. The number of nitrogens with zero attached hydrogens (tertiary/aromatic N) is 2. The zero-order chi connectivity index (χ0) is 10.1. The summed E-state index contributed by atoms with van der Waals surface area (Å²) < 4.78 is 0. The van der Waals surface area contributed by atoms with E-state index in [0.29, 0.717) is 6.42 Å². The molecule has 1 aliphatic carbocycles. The second kappa shape index (κ2) is 3.38. The van der Waals surface area contributed by atoms with Crippen LogP contribution in [0.15, 0.2) is 29.6 Å². The van der Waals surface area contributed by atoms with E-state index in [1.807, 2.05) is 24.3 Å². The van der Waals surface area contributed by atoms with Crippen molar-refractivity contribution in [3.63, 3.8) is 0 Å². The fourth-order valence-corrected chi connectivity index (χ4v) is 1.95. The van der Waals surface area contributed by atoms with Gasteiger partial charge in [-0.15, -0.1) is 4.91 Å². The van der Waals surface area contributed by atoms with Crippen molar-refractivity contribution in [1.29, 1.82) is 0 Å². The first-order valence-electron chi connectivity index (χ1n) is 4.56. The van der Waals surface area contributed by atoms with Gasteiger partial charge in [0.1, 0.15) is 6.10 Å². The smallest absolute Gasteiger partial charge is 0.102 e. The van der Waals surface area contributed by atoms with Gasteiger partial charge in [0.2, 0.25) is 0 Å². The molecule has 74 valence electrons. The first-order valence-corrected chi connectivity index (χ1v) is 4.56. The van der Waals surface area contributed by atoms with Gasteiger partial charge in [-0.05, 0) is 17.5 Å². The normalized spacial score (nSPS) is 24.4. The van der Waals surface area contributed by atoms with E-state index >= 15 is 0 Å². The lowest BCUT2D eigenvalue weighted by atomic mass is 10.1. The fraction of sp³-hybridized carbons (Fsp3) is 0.400. The molecule has 0 aromatic heterocycles. The first-order chi connectivity index (χ1) is 6.74. The molecule has 4 nitrogen and oxygen atoms in total. The lowest BCUT2D eigenvalue weighted by Crippen LogP contribution is -2.30. The topological polar surface area (TPSA) is 52.9 Å². The second-order valence-electron chi connectivity index (χ2n) is 3.57. The quantitative estimate of drug-likeness (QED) is 0.567. The highest BCUT2D eigenvalue weighted by Crippen LogP contribution is 2.33. The van der Waals surface area contributed by atoms with Crippen molar-refractivity contribution in [2.45, 2.75) is 18.6 Å². The summed E-state index contributed by atoms with van der Waals surface area (Å²) in [5.41, 5.74) is 2.01. The van der Waals surface area contributed by atoms with Crippen molar-refractivity contribution < 1.29 is 5.11 Å². The van der Waals surface area contributed by atoms with Crippen LogP contribution in [-0.4, -0.2) is 23.2 Å². The highest BCUT2D eigenvalue weighted by atomic mass is 16.3. The van der Waals surface area contributed by atoms with Crippen LogP contribution in [0.2, 0.25) is 0 Å². The number of rotatable bonds is 2. The molecule has 1 aromatic rings. The average Bonchev–Trinajstić information content (AvgIpc) is 2.56. The van der Waals surface area contributed by atoms with E-state index in [1.165, 1.54) is 5.01 Å². The predicted octanol–water partition coefficient (Wildman–Crippen LogP) is 1.26. The Labute approximate surface area is 82.1 Å². The number of aliphatic hydroxyl groups is 1. The molecule has 0 aliphatic heterocycles. The van der Waals surface area contributed by atoms with E-state index in [-0.39, 0.29) is 6.04 Å².